The van der Waals surface area contributed by atoms with E-state index in [0.717, 1.165) is 38.5 Å². The van der Waals surface area contributed by atoms with Crippen molar-refractivity contribution in [3.63, 3.8) is 0 Å². The lowest BCUT2D eigenvalue weighted by molar-refractivity contribution is -0.118. The van der Waals surface area contributed by atoms with Crippen molar-refractivity contribution < 1.29 is 14.4 Å². The van der Waals surface area contributed by atoms with E-state index in [9.17, 15) is 14.4 Å². The third-order valence-electron chi connectivity index (χ3n) is 4.29. The van der Waals surface area contributed by atoms with Crippen LogP contribution in [0.25, 0.3) is 0 Å². The van der Waals surface area contributed by atoms with E-state index in [1.165, 1.54) is 25.3 Å². The van der Waals surface area contributed by atoms with Gasteiger partial charge < -0.3 is 16.8 Å². The summed E-state index contributed by atoms with van der Waals surface area (Å²) in [5.41, 5.74) is 11.1. The van der Waals surface area contributed by atoms with Crippen LogP contribution in [0.2, 0.25) is 0 Å². The van der Waals surface area contributed by atoms with Crippen LogP contribution >= 0.6 is 0 Å². The van der Waals surface area contributed by atoms with Crippen molar-refractivity contribution in [1.82, 2.24) is 5.32 Å². The molecule has 0 atom stereocenters. The predicted octanol–water partition coefficient (Wildman–Crippen LogP) is 2.90. The quantitative estimate of drug-likeness (QED) is 0.442. The van der Waals surface area contributed by atoms with Gasteiger partial charge in [-0.2, -0.15) is 0 Å². The van der Waals surface area contributed by atoms with Crippen molar-refractivity contribution in [2.45, 2.75) is 64.2 Å². The zero-order chi connectivity index (χ0) is 19.2. The highest BCUT2D eigenvalue weighted by Gasteiger charge is 2.07. The van der Waals surface area contributed by atoms with E-state index in [-0.39, 0.29) is 11.8 Å². The van der Waals surface area contributed by atoms with Gasteiger partial charge in [-0.1, -0.05) is 51.0 Å². The minimum atomic E-state index is -0.535. The molecule has 1 rings (SSSR count). The second kappa shape index (κ2) is 12.9. The molecule has 144 valence electrons. The molecule has 1 aromatic carbocycles. The van der Waals surface area contributed by atoms with Gasteiger partial charge in [0.25, 0.3) is 5.91 Å². The molecular formula is C20H31N3O3. The van der Waals surface area contributed by atoms with Crippen LogP contribution in [0.4, 0.5) is 0 Å². The van der Waals surface area contributed by atoms with Crippen LogP contribution in [-0.2, 0) is 4.79 Å². The Kier molecular flexibility index (Phi) is 10.8. The van der Waals surface area contributed by atoms with Crippen molar-refractivity contribution in [3.8, 4) is 0 Å². The molecule has 1 aromatic rings. The molecule has 6 nitrogen and oxygen atoms in total. The number of nitrogens with one attached hydrogen (secondary N) is 1. The molecule has 6 heteroatoms. The van der Waals surface area contributed by atoms with Gasteiger partial charge in [-0.15, -0.1) is 0 Å². The number of hydrogen-bond donors (Lipinski definition) is 3. The first-order valence-electron chi connectivity index (χ1n) is 9.47. The molecule has 0 aliphatic rings. The molecule has 0 spiro atoms. The Balaban J connectivity index is 2.00. The fraction of sp³-hybridized carbons (Fsp3) is 0.550. The first-order valence-corrected chi connectivity index (χ1v) is 9.47. The van der Waals surface area contributed by atoms with E-state index in [1.54, 1.807) is 18.2 Å². The smallest absolute Gasteiger partial charge is 0.251 e. The summed E-state index contributed by atoms with van der Waals surface area (Å²) in [5.74, 6) is -0.922. The predicted molar refractivity (Wildman–Crippen MR) is 103 cm³/mol. The Morgan fingerprint density at radius 2 is 1.31 bits per heavy atom. The molecule has 0 radical (unpaired) electrons. The van der Waals surface area contributed by atoms with Gasteiger partial charge in [0.05, 0.1) is 0 Å². The number of amides is 3. The summed E-state index contributed by atoms with van der Waals surface area (Å²) in [7, 11) is 0. The van der Waals surface area contributed by atoms with Gasteiger partial charge in [0.1, 0.15) is 0 Å². The molecule has 0 aliphatic heterocycles. The maximum Gasteiger partial charge on any atom is 0.251 e. The average Bonchev–Trinajstić information content (AvgIpc) is 2.62. The SMILES string of the molecule is NC(=O)CCCCCCCCCCCNC(=O)c1cccc(C(N)=O)c1. The van der Waals surface area contributed by atoms with E-state index in [4.69, 9.17) is 11.5 Å². The second-order valence-corrected chi connectivity index (χ2v) is 6.60. The van der Waals surface area contributed by atoms with Crippen LogP contribution < -0.4 is 16.8 Å². The third-order valence-corrected chi connectivity index (χ3v) is 4.29. The maximum absolute atomic E-state index is 12.0. The van der Waals surface area contributed by atoms with Gasteiger partial charge in [-0.05, 0) is 31.0 Å². The summed E-state index contributed by atoms with van der Waals surface area (Å²) < 4.78 is 0. The molecule has 3 amide bonds. The Labute approximate surface area is 155 Å². The Hall–Kier alpha value is -2.37. The molecule has 0 aliphatic carbocycles. The summed E-state index contributed by atoms with van der Waals surface area (Å²) >= 11 is 0. The lowest BCUT2D eigenvalue weighted by atomic mass is 10.1. The fourth-order valence-corrected chi connectivity index (χ4v) is 2.78. The van der Waals surface area contributed by atoms with Crippen LogP contribution in [0.5, 0.6) is 0 Å². The second-order valence-electron chi connectivity index (χ2n) is 6.60. The van der Waals surface area contributed by atoms with Crippen molar-refractivity contribution in [3.05, 3.63) is 35.4 Å². The minimum absolute atomic E-state index is 0.177. The summed E-state index contributed by atoms with van der Waals surface area (Å²) in [4.78, 5) is 33.8. The topological polar surface area (TPSA) is 115 Å². The van der Waals surface area contributed by atoms with E-state index in [2.05, 4.69) is 5.32 Å². The highest BCUT2D eigenvalue weighted by molar-refractivity contribution is 5.99. The first kappa shape index (κ1) is 21.7. The van der Waals surface area contributed by atoms with E-state index in [0.29, 0.717) is 24.1 Å². The summed E-state index contributed by atoms with van der Waals surface area (Å²) in [6, 6.07) is 6.44. The maximum atomic E-state index is 12.0. The van der Waals surface area contributed by atoms with E-state index < -0.39 is 5.91 Å². The van der Waals surface area contributed by atoms with E-state index in [1.807, 2.05) is 0 Å². The molecule has 0 fully saturated rings. The van der Waals surface area contributed by atoms with Gasteiger partial charge >= 0.3 is 0 Å². The Morgan fingerprint density at radius 3 is 1.88 bits per heavy atom. The Bertz CT molecular complexity index is 587. The van der Waals surface area contributed by atoms with Crippen molar-refractivity contribution in [2.75, 3.05) is 6.54 Å². The minimum Gasteiger partial charge on any atom is -0.370 e. The first-order chi connectivity index (χ1) is 12.5. The Morgan fingerprint density at radius 1 is 0.769 bits per heavy atom. The summed E-state index contributed by atoms with van der Waals surface area (Å²) in [6.07, 6.45) is 10.4. The fourth-order valence-electron chi connectivity index (χ4n) is 2.78. The zero-order valence-corrected chi connectivity index (χ0v) is 15.5. The van der Waals surface area contributed by atoms with Crippen LogP contribution in [0, 0.1) is 0 Å². The van der Waals surface area contributed by atoms with Crippen molar-refractivity contribution in [2.24, 2.45) is 11.5 Å². The van der Waals surface area contributed by atoms with Gasteiger partial charge in [-0.25, -0.2) is 0 Å². The van der Waals surface area contributed by atoms with Gasteiger partial charge in [-0.3, -0.25) is 14.4 Å². The highest BCUT2D eigenvalue weighted by Crippen LogP contribution is 2.10. The van der Waals surface area contributed by atoms with Crippen LogP contribution in [0.3, 0.4) is 0 Å². The molecule has 0 saturated carbocycles. The van der Waals surface area contributed by atoms with Crippen LogP contribution in [0.1, 0.15) is 84.9 Å². The molecule has 26 heavy (non-hydrogen) atoms. The average molecular weight is 361 g/mol. The summed E-state index contributed by atoms with van der Waals surface area (Å²) in [6.45, 7) is 0.632. The van der Waals surface area contributed by atoms with Crippen molar-refractivity contribution in [1.29, 1.82) is 0 Å². The number of unbranched alkanes of at least 4 members (excludes halogenated alkanes) is 8. The third kappa shape index (κ3) is 9.81. The lowest BCUT2D eigenvalue weighted by Gasteiger charge is -2.06. The molecular weight excluding hydrogens is 330 g/mol. The van der Waals surface area contributed by atoms with Crippen LogP contribution in [-0.4, -0.2) is 24.3 Å². The number of rotatable bonds is 14. The number of benzene rings is 1. The number of carbonyl (C=O) groups excluding carboxylic acids is 3. The molecule has 0 aromatic heterocycles. The number of carbonyl (C=O) groups is 3. The largest absolute Gasteiger partial charge is 0.370 e. The normalized spacial score (nSPS) is 10.5. The molecule has 0 bridgehead atoms. The van der Waals surface area contributed by atoms with Gasteiger partial charge in [0.15, 0.2) is 0 Å². The summed E-state index contributed by atoms with van der Waals surface area (Å²) in [5, 5.41) is 2.87. The molecule has 5 N–H and O–H groups in total. The van der Waals surface area contributed by atoms with E-state index >= 15 is 0 Å². The monoisotopic (exact) mass is 361 g/mol. The van der Waals surface area contributed by atoms with Crippen LogP contribution in [0.15, 0.2) is 24.3 Å². The van der Waals surface area contributed by atoms with Crippen molar-refractivity contribution >= 4 is 17.7 Å². The molecule has 0 heterocycles. The van der Waals surface area contributed by atoms with Gasteiger partial charge in [0, 0.05) is 24.1 Å². The molecule has 0 unspecified atom stereocenters. The standard InChI is InChI=1S/C20H31N3O3/c21-18(24)13-8-6-4-2-1-3-5-7-9-14-23-20(26)17-12-10-11-16(15-17)19(22)25/h10-12,15H,1-9,13-14H2,(H2,21,24)(H2,22,25)(H,23,26). The molecule has 0 saturated heterocycles. The highest BCUT2D eigenvalue weighted by atomic mass is 16.2. The number of nitrogens with two attached hydrogens (primary N) is 2. The van der Waals surface area contributed by atoms with Gasteiger partial charge in [0.2, 0.25) is 11.8 Å². The zero-order valence-electron chi connectivity index (χ0n) is 15.5. The lowest BCUT2D eigenvalue weighted by Crippen LogP contribution is -2.25. The number of primary amides is 2. The number of hydrogen-bond acceptors (Lipinski definition) is 3.